The molecule has 6 rings (SSSR count). The number of nitrogens with zero attached hydrogens (tertiary/aromatic N) is 2. The average Bonchev–Trinajstić information content (AvgIpc) is 3.34. The van der Waals surface area contributed by atoms with Gasteiger partial charge in [-0.2, -0.15) is 0 Å². The molecule has 0 aliphatic carbocycles. The zero-order chi connectivity index (χ0) is 31.5. The minimum absolute atomic E-state index is 0.234. The third-order valence-electron chi connectivity index (χ3n) is 7.31. The van der Waals surface area contributed by atoms with Crippen LogP contribution in [0.2, 0.25) is 10.0 Å². The molecule has 1 aromatic heterocycles. The van der Waals surface area contributed by atoms with E-state index in [-0.39, 0.29) is 18.1 Å². The van der Waals surface area contributed by atoms with Crippen molar-refractivity contribution in [3.8, 4) is 11.5 Å². The Kier molecular flexibility index (Phi) is 8.89. The standard InChI is InChI=1S/C35H27Cl2N3O4S/c1-21-31(33(41)39-26-11-4-3-5-12-26)32(22-10-8-13-27(18-22)43-2)40-34(42)30(45-35(40)38-21)19-24-17-25(36)15-16-29(24)44-20-23-9-6-7-14-28(23)37/h3-19,32H,20H2,1-2H3,(H,39,41)/b30-19-/t32-/m1/s1. The molecule has 226 valence electrons. The van der Waals surface area contributed by atoms with Crippen molar-refractivity contribution in [3.05, 3.63) is 155 Å². The number of carbonyl (C=O) groups is 1. The number of benzene rings is 4. The zero-order valence-corrected chi connectivity index (χ0v) is 26.6. The van der Waals surface area contributed by atoms with Gasteiger partial charge in [-0.15, -0.1) is 0 Å². The number of rotatable bonds is 8. The quantitative estimate of drug-likeness (QED) is 0.200. The number of halogens is 2. The Balaban J connectivity index is 1.46. The SMILES string of the molecule is COc1cccc([C@@H]2C(C(=O)Nc3ccccc3)=C(C)N=c3s/c(=C\c4cc(Cl)ccc4OCc4ccccc4Cl)c(=O)n32)c1. The Morgan fingerprint density at radius 1 is 1.00 bits per heavy atom. The third kappa shape index (κ3) is 6.44. The van der Waals surface area contributed by atoms with E-state index in [0.29, 0.717) is 59.0 Å². The summed E-state index contributed by atoms with van der Waals surface area (Å²) in [6, 6.07) is 28.4. The molecule has 1 aliphatic heterocycles. The smallest absolute Gasteiger partial charge is 0.271 e. The fourth-order valence-corrected chi connectivity index (χ4v) is 6.54. The van der Waals surface area contributed by atoms with Gasteiger partial charge in [-0.05, 0) is 67.1 Å². The van der Waals surface area contributed by atoms with Gasteiger partial charge >= 0.3 is 0 Å². The molecule has 1 aliphatic rings. The first-order valence-corrected chi connectivity index (χ1v) is 15.6. The first-order chi connectivity index (χ1) is 21.8. The fourth-order valence-electron chi connectivity index (χ4n) is 5.13. The summed E-state index contributed by atoms with van der Waals surface area (Å²) < 4.78 is 13.6. The number of para-hydroxylation sites is 1. The Morgan fingerprint density at radius 3 is 2.56 bits per heavy atom. The van der Waals surface area contributed by atoms with Gasteiger partial charge in [0, 0.05) is 26.9 Å². The van der Waals surface area contributed by atoms with Gasteiger partial charge in [-0.3, -0.25) is 14.2 Å². The van der Waals surface area contributed by atoms with Crippen LogP contribution in [0.25, 0.3) is 6.08 Å². The number of thiazole rings is 1. The lowest BCUT2D eigenvalue weighted by molar-refractivity contribution is -0.113. The van der Waals surface area contributed by atoms with Crippen molar-refractivity contribution >= 4 is 52.2 Å². The van der Waals surface area contributed by atoms with Crippen molar-refractivity contribution in [2.75, 3.05) is 12.4 Å². The van der Waals surface area contributed by atoms with E-state index in [4.69, 9.17) is 37.7 Å². The molecule has 1 atom stereocenters. The van der Waals surface area contributed by atoms with E-state index in [2.05, 4.69) is 5.32 Å². The largest absolute Gasteiger partial charge is 0.497 e. The second-order valence-electron chi connectivity index (χ2n) is 10.2. The molecule has 5 aromatic rings. The van der Waals surface area contributed by atoms with E-state index in [1.807, 2.05) is 60.7 Å². The minimum Gasteiger partial charge on any atom is -0.497 e. The number of carbonyl (C=O) groups excluding carboxylic acids is 1. The summed E-state index contributed by atoms with van der Waals surface area (Å²) in [5.41, 5.74) is 3.36. The number of methoxy groups -OCH3 is 1. The average molecular weight is 657 g/mol. The number of anilines is 1. The molecule has 4 aromatic carbocycles. The summed E-state index contributed by atoms with van der Waals surface area (Å²) in [6.45, 7) is 2.01. The van der Waals surface area contributed by atoms with Crippen LogP contribution in [-0.2, 0) is 11.4 Å². The highest BCUT2D eigenvalue weighted by Gasteiger charge is 2.33. The van der Waals surface area contributed by atoms with Crippen LogP contribution in [0.5, 0.6) is 11.5 Å². The number of ether oxygens (including phenoxy) is 2. The van der Waals surface area contributed by atoms with Crippen molar-refractivity contribution in [2.24, 2.45) is 4.99 Å². The highest BCUT2D eigenvalue weighted by Crippen LogP contribution is 2.33. The van der Waals surface area contributed by atoms with Crippen LogP contribution >= 0.6 is 34.5 Å². The molecule has 7 nitrogen and oxygen atoms in total. The number of hydrogen-bond donors (Lipinski definition) is 1. The Bertz CT molecular complexity index is 2120. The highest BCUT2D eigenvalue weighted by molar-refractivity contribution is 7.07. The van der Waals surface area contributed by atoms with E-state index >= 15 is 0 Å². The maximum absolute atomic E-state index is 14.2. The molecule has 0 saturated carbocycles. The van der Waals surface area contributed by atoms with Gasteiger partial charge in [0.2, 0.25) is 0 Å². The molecular weight excluding hydrogens is 629 g/mol. The molecule has 45 heavy (non-hydrogen) atoms. The van der Waals surface area contributed by atoms with E-state index in [9.17, 15) is 9.59 Å². The molecule has 0 unspecified atom stereocenters. The fraction of sp³-hybridized carbons (Fsp3) is 0.114. The van der Waals surface area contributed by atoms with Crippen LogP contribution < -0.4 is 29.7 Å². The number of hydrogen-bond acceptors (Lipinski definition) is 6. The summed E-state index contributed by atoms with van der Waals surface area (Å²) in [4.78, 5) is 33.2. The maximum atomic E-state index is 14.2. The summed E-state index contributed by atoms with van der Waals surface area (Å²) in [5, 5.41) is 4.05. The number of allylic oxidation sites excluding steroid dienone is 1. The molecule has 10 heteroatoms. The summed E-state index contributed by atoms with van der Waals surface area (Å²) in [7, 11) is 1.57. The van der Waals surface area contributed by atoms with Crippen molar-refractivity contribution in [3.63, 3.8) is 0 Å². The molecule has 1 amide bonds. The predicted molar refractivity (Wildman–Crippen MR) is 179 cm³/mol. The van der Waals surface area contributed by atoms with E-state index < -0.39 is 6.04 Å². The lowest BCUT2D eigenvalue weighted by atomic mass is 9.95. The first-order valence-electron chi connectivity index (χ1n) is 14.0. The monoisotopic (exact) mass is 655 g/mol. The Hall–Kier alpha value is -4.63. The molecular formula is C35H27Cl2N3O4S. The van der Waals surface area contributed by atoms with Crippen molar-refractivity contribution in [1.82, 2.24) is 4.57 Å². The Labute approximate surface area is 273 Å². The summed E-state index contributed by atoms with van der Waals surface area (Å²) in [5.74, 6) is 0.787. The first kappa shape index (κ1) is 30.4. The van der Waals surface area contributed by atoms with Crippen LogP contribution in [0.4, 0.5) is 5.69 Å². The molecule has 0 bridgehead atoms. The van der Waals surface area contributed by atoms with Gasteiger partial charge in [-0.25, -0.2) is 4.99 Å². The minimum atomic E-state index is -0.752. The van der Waals surface area contributed by atoms with E-state index in [0.717, 1.165) is 5.56 Å². The molecule has 0 radical (unpaired) electrons. The normalized spacial score (nSPS) is 14.5. The molecule has 0 saturated heterocycles. The van der Waals surface area contributed by atoms with Gasteiger partial charge in [0.1, 0.15) is 18.1 Å². The second kappa shape index (κ2) is 13.2. The lowest BCUT2D eigenvalue weighted by Crippen LogP contribution is -2.40. The number of amides is 1. The van der Waals surface area contributed by atoms with E-state index in [1.54, 1.807) is 61.1 Å². The van der Waals surface area contributed by atoms with Gasteiger partial charge in [0.05, 0.1) is 29.0 Å². The molecule has 1 N–H and O–H groups in total. The van der Waals surface area contributed by atoms with Gasteiger partial charge < -0.3 is 14.8 Å². The van der Waals surface area contributed by atoms with Crippen LogP contribution in [0.15, 0.2) is 118 Å². The van der Waals surface area contributed by atoms with Crippen molar-refractivity contribution in [1.29, 1.82) is 0 Å². The summed E-state index contributed by atoms with van der Waals surface area (Å²) in [6.07, 6.45) is 1.74. The number of aromatic nitrogens is 1. The van der Waals surface area contributed by atoms with Gasteiger partial charge in [0.25, 0.3) is 11.5 Å². The third-order valence-corrected chi connectivity index (χ3v) is 8.89. The lowest BCUT2D eigenvalue weighted by Gasteiger charge is -2.25. The van der Waals surface area contributed by atoms with Crippen LogP contribution in [-0.4, -0.2) is 17.6 Å². The van der Waals surface area contributed by atoms with Gasteiger partial charge in [-0.1, -0.05) is 83.1 Å². The maximum Gasteiger partial charge on any atom is 0.271 e. The molecule has 2 heterocycles. The van der Waals surface area contributed by atoms with E-state index in [1.165, 1.54) is 11.3 Å². The predicted octanol–water partition coefficient (Wildman–Crippen LogP) is 6.77. The van der Waals surface area contributed by atoms with Crippen molar-refractivity contribution < 1.29 is 14.3 Å². The summed E-state index contributed by atoms with van der Waals surface area (Å²) >= 11 is 13.9. The van der Waals surface area contributed by atoms with Crippen LogP contribution in [0.3, 0.4) is 0 Å². The second-order valence-corrected chi connectivity index (χ2v) is 12.1. The Morgan fingerprint density at radius 2 is 1.78 bits per heavy atom. The number of fused-ring (bicyclic) bond motifs is 1. The molecule has 0 fully saturated rings. The van der Waals surface area contributed by atoms with Crippen molar-refractivity contribution in [2.45, 2.75) is 19.6 Å². The topological polar surface area (TPSA) is 81.9 Å². The zero-order valence-electron chi connectivity index (χ0n) is 24.3. The number of nitrogens with one attached hydrogen (secondary N) is 1. The highest BCUT2D eigenvalue weighted by atomic mass is 35.5. The van der Waals surface area contributed by atoms with Crippen LogP contribution in [0.1, 0.15) is 29.7 Å². The molecule has 0 spiro atoms. The van der Waals surface area contributed by atoms with Crippen LogP contribution in [0, 0.1) is 0 Å². The van der Waals surface area contributed by atoms with Gasteiger partial charge in [0.15, 0.2) is 4.80 Å².